The van der Waals surface area contributed by atoms with Gasteiger partial charge in [-0.1, -0.05) is 36.9 Å². The Hall–Kier alpha value is -3.18. The zero-order chi connectivity index (χ0) is 23.1. The molecule has 0 radical (unpaired) electrons. The Morgan fingerprint density at radius 2 is 2.03 bits per heavy atom. The van der Waals surface area contributed by atoms with Gasteiger partial charge < -0.3 is 16.0 Å². The van der Waals surface area contributed by atoms with Gasteiger partial charge in [0.05, 0.1) is 5.69 Å². The molecule has 0 aliphatic heterocycles. The molecule has 2 aromatic rings. The minimum absolute atomic E-state index is 0.259. The number of allylic oxidation sites excluding steroid dienone is 4. The molecule has 32 heavy (non-hydrogen) atoms. The molecule has 1 aliphatic rings. The lowest BCUT2D eigenvalue weighted by Gasteiger charge is -2.18. The van der Waals surface area contributed by atoms with Crippen molar-refractivity contribution in [2.24, 2.45) is 10.7 Å². The van der Waals surface area contributed by atoms with E-state index in [-0.39, 0.29) is 6.04 Å². The summed E-state index contributed by atoms with van der Waals surface area (Å²) in [6, 6.07) is 13.2. The number of nitrogens with one attached hydrogen (secondary N) is 1. The van der Waals surface area contributed by atoms with Gasteiger partial charge in [-0.3, -0.25) is 4.99 Å². The van der Waals surface area contributed by atoms with Crippen molar-refractivity contribution in [2.45, 2.75) is 38.3 Å². The van der Waals surface area contributed by atoms with Crippen molar-refractivity contribution in [3.8, 4) is 11.3 Å². The maximum atomic E-state index is 6.15. The lowest BCUT2D eigenvalue weighted by molar-refractivity contribution is 0.566. The summed E-state index contributed by atoms with van der Waals surface area (Å²) >= 11 is 0. The molecule has 1 fully saturated rings. The Morgan fingerprint density at radius 1 is 1.22 bits per heavy atom. The minimum Gasteiger partial charge on any atom is -0.383 e. The zero-order valence-electron chi connectivity index (χ0n) is 19.7. The van der Waals surface area contributed by atoms with Crippen LogP contribution in [0.25, 0.3) is 22.4 Å². The van der Waals surface area contributed by atoms with Crippen LogP contribution in [0.1, 0.15) is 37.3 Å². The molecule has 1 saturated carbocycles. The molecule has 0 amide bonds. The Bertz CT molecular complexity index is 1030. The molecule has 3 N–H and O–H groups in total. The number of pyridine rings is 1. The van der Waals surface area contributed by atoms with Gasteiger partial charge in [-0.25, -0.2) is 4.98 Å². The van der Waals surface area contributed by atoms with Crippen LogP contribution in [0.15, 0.2) is 66.3 Å². The van der Waals surface area contributed by atoms with Crippen molar-refractivity contribution in [2.75, 3.05) is 26.5 Å². The molecular weight excluding hydrogens is 394 g/mol. The van der Waals surface area contributed by atoms with Crippen LogP contribution >= 0.6 is 0 Å². The number of nitrogens with zero attached hydrogens (tertiary/aromatic N) is 3. The third-order valence-corrected chi connectivity index (χ3v) is 5.71. The molecule has 3 rings (SSSR count). The van der Waals surface area contributed by atoms with Crippen molar-refractivity contribution in [1.29, 1.82) is 0 Å². The van der Waals surface area contributed by atoms with Gasteiger partial charge >= 0.3 is 0 Å². The Labute approximate surface area is 192 Å². The number of hydrogen-bond donors (Lipinski definition) is 2. The molecule has 5 heteroatoms. The lowest BCUT2D eigenvalue weighted by Crippen LogP contribution is -2.22. The van der Waals surface area contributed by atoms with E-state index in [9.17, 15) is 0 Å². The fraction of sp³-hybridized carbons (Fsp3) is 0.333. The summed E-state index contributed by atoms with van der Waals surface area (Å²) in [6.07, 6.45) is 11.0. The average molecular weight is 430 g/mol. The van der Waals surface area contributed by atoms with E-state index in [4.69, 9.17) is 10.7 Å². The van der Waals surface area contributed by atoms with Crippen LogP contribution in [-0.4, -0.2) is 49.3 Å². The molecule has 168 valence electrons. The fourth-order valence-corrected chi connectivity index (χ4v) is 4.12. The van der Waals surface area contributed by atoms with Crippen molar-refractivity contribution in [3.63, 3.8) is 0 Å². The number of nitrogens with two attached hydrogens (primary N) is 1. The third-order valence-electron chi connectivity index (χ3n) is 5.71. The van der Waals surface area contributed by atoms with Crippen LogP contribution < -0.4 is 11.1 Å². The minimum atomic E-state index is 0.259. The van der Waals surface area contributed by atoms with Gasteiger partial charge in [-0.2, -0.15) is 0 Å². The van der Waals surface area contributed by atoms with E-state index in [0.29, 0.717) is 6.04 Å². The maximum absolute atomic E-state index is 6.15. The topological polar surface area (TPSA) is 66.5 Å². The second kappa shape index (κ2) is 10.9. The number of benzene rings is 1. The summed E-state index contributed by atoms with van der Waals surface area (Å²) in [5.41, 5.74) is 12.4. The van der Waals surface area contributed by atoms with Crippen LogP contribution in [0.3, 0.4) is 0 Å². The van der Waals surface area contributed by atoms with E-state index in [1.54, 1.807) is 7.05 Å². The summed E-state index contributed by atoms with van der Waals surface area (Å²) in [4.78, 5) is 11.3. The Kier molecular flexibility index (Phi) is 8.01. The lowest BCUT2D eigenvalue weighted by atomic mass is 10.0. The molecule has 1 heterocycles. The first-order valence-corrected chi connectivity index (χ1v) is 11.2. The Balaban J connectivity index is 2.03. The van der Waals surface area contributed by atoms with E-state index in [2.05, 4.69) is 65.6 Å². The summed E-state index contributed by atoms with van der Waals surface area (Å²) in [6.45, 7) is 6.00. The van der Waals surface area contributed by atoms with E-state index in [1.165, 1.54) is 0 Å². The molecule has 5 nitrogen and oxygen atoms in total. The first-order valence-electron chi connectivity index (χ1n) is 11.2. The monoisotopic (exact) mass is 429 g/mol. The molecule has 1 aliphatic carbocycles. The van der Waals surface area contributed by atoms with Gasteiger partial charge in [0.25, 0.3) is 0 Å². The van der Waals surface area contributed by atoms with E-state index >= 15 is 0 Å². The highest BCUT2D eigenvalue weighted by molar-refractivity contribution is 6.11. The normalized spacial score (nSPS) is 19.4. The maximum Gasteiger partial charge on any atom is 0.134 e. The van der Waals surface area contributed by atoms with Gasteiger partial charge in [0, 0.05) is 56.8 Å². The molecule has 2 atom stereocenters. The first-order chi connectivity index (χ1) is 15.4. The van der Waals surface area contributed by atoms with E-state index in [0.717, 1.165) is 58.6 Å². The molecule has 1 aromatic heterocycles. The van der Waals surface area contributed by atoms with Crippen molar-refractivity contribution >= 4 is 23.2 Å². The predicted octanol–water partition coefficient (Wildman–Crippen LogP) is 5.23. The molecule has 0 spiro atoms. The standard InChI is InChI=1S/C27H35N5/c1-6-19(17-29-3)25-13-14-26(31-27(25)30-24-12-11-23(28)16-24)22-10-8-9-21(15-22)20(7-2)18-32(4)5/h6-10,13-15,17-18,23-24H,2,11-12,16,28H2,1,3-5H3,(H,30,31)/b19-6+,20-18+,29-17-/t23-,24?/m0/s1. The van der Waals surface area contributed by atoms with Gasteiger partial charge in [-0.05, 0) is 61.1 Å². The number of rotatable bonds is 8. The molecule has 0 bridgehead atoms. The smallest absolute Gasteiger partial charge is 0.134 e. The van der Waals surface area contributed by atoms with E-state index in [1.807, 2.05) is 38.2 Å². The molecular formula is C27H35N5. The summed E-state index contributed by atoms with van der Waals surface area (Å²) in [7, 11) is 5.82. The van der Waals surface area contributed by atoms with E-state index < -0.39 is 0 Å². The Morgan fingerprint density at radius 3 is 2.66 bits per heavy atom. The first kappa shape index (κ1) is 23.5. The summed E-state index contributed by atoms with van der Waals surface area (Å²) < 4.78 is 0. The highest BCUT2D eigenvalue weighted by Gasteiger charge is 2.23. The predicted molar refractivity (Wildman–Crippen MR) is 139 cm³/mol. The molecule has 1 aromatic carbocycles. The van der Waals surface area contributed by atoms with Gasteiger partial charge in [0.2, 0.25) is 0 Å². The van der Waals surface area contributed by atoms with Gasteiger partial charge in [0.1, 0.15) is 5.82 Å². The molecule has 0 saturated heterocycles. The number of anilines is 1. The summed E-state index contributed by atoms with van der Waals surface area (Å²) in [5, 5.41) is 3.67. The quantitative estimate of drug-likeness (QED) is 0.445. The van der Waals surface area contributed by atoms with Crippen LogP contribution in [0.4, 0.5) is 5.82 Å². The average Bonchev–Trinajstić information content (AvgIpc) is 3.20. The van der Waals surface area contributed by atoms with Gasteiger partial charge in [0.15, 0.2) is 0 Å². The van der Waals surface area contributed by atoms with Crippen LogP contribution in [0, 0.1) is 0 Å². The van der Waals surface area contributed by atoms with Crippen LogP contribution in [-0.2, 0) is 0 Å². The third kappa shape index (κ3) is 5.74. The van der Waals surface area contributed by atoms with Crippen LogP contribution in [0.2, 0.25) is 0 Å². The highest BCUT2D eigenvalue weighted by atomic mass is 15.0. The summed E-state index contributed by atoms with van der Waals surface area (Å²) in [5.74, 6) is 0.882. The van der Waals surface area contributed by atoms with Crippen molar-refractivity contribution < 1.29 is 0 Å². The molecule has 1 unspecified atom stereocenters. The number of aromatic nitrogens is 1. The van der Waals surface area contributed by atoms with Crippen molar-refractivity contribution in [1.82, 2.24) is 9.88 Å². The SMILES string of the molecule is C=C/C(=C\N(C)C)c1cccc(-c2ccc(C(/C=N\C)=C/C)c(NC3CC[C@H](N)C3)n2)c1. The largest absolute Gasteiger partial charge is 0.383 e. The second-order valence-electron chi connectivity index (χ2n) is 8.47. The number of aliphatic imine (C=N–C) groups is 1. The fourth-order valence-electron chi connectivity index (χ4n) is 4.12. The van der Waals surface area contributed by atoms with Crippen LogP contribution in [0.5, 0.6) is 0 Å². The highest BCUT2D eigenvalue weighted by Crippen LogP contribution is 2.30. The second-order valence-corrected chi connectivity index (χ2v) is 8.47. The zero-order valence-corrected chi connectivity index (χ0v) is 19.7. The van der Waals surface area contributed by atoms with Crippen molar-refractivity contribution in [3.05, 3.63) is 72.5 Å². The van der Waals surface area contributed by atoms with Gasteiger partial charge in [-0.15, -0.1) is 0 Å². The number of hydrogen-bond acceptors (Lipinski definition) is 5.